The monoisotopic (exact) mass is 212 g/mol. The van der Waals surface area contributed by atoms with Gasteiger partial charge in [-0.1, -0.05) is 17.7 Å². The van der Waals surface area contributed by atoms with E-state index < -0.39 is 0 Å². The third-order valence-electron chi connectivity index (χ3n) is 2.39. The van der Waals surface area contributed by atoms with Crippen LogP contribution in [0.2, 0.25) is 5.02 Å². The Bertz CT molecular complexity index is 310. The highest BCUT2D eigenvalue weighted by molar-refractivity contribution is 6.31. The van der Waals surface area contributed by atoms with Crippen molar-refractivity contribution in [1.82, 2.24) is 0 Å². The molecule has 78 valence electrons. The summed E-state index contributed by atoms with van der Waals surface area (Å²) in [7, 11) is 2.04. The van der Waals surface area contributed by atoms with Crippen LogP contribution in [0.15, 0.2) is 18.2 Å². The third kappa shape index (κ3) is 2.40. The summed E-state index contributed by atoms with van der Waals surface area (Å²) in [4.78, 5) is 2.14. The zero-order chi connectivity index (χ0) is 10.7. The number of nitrogens with zero attached hydrogens (tertiary/aromatic N) is 1. The first-order chi connectivity index (χ1) is 6.56. The zero-order valence-electron chi connectivity index (χ0n) is 8.92. The minimum Gasteiger partial charge on any atom is -0.375 e. The summed E-state index contributed by atoms with van der Waals surface area (Å²) in [6, 6.07) is 6.00. The second-order valence-electron chi connectivity index (χ2n) is 3.51. The van der Waals surface area contributed by atoms with Crippen LogP contribution in [0.4, 0.5) is 5.69 Å². The molecule has 0 aliphatic carbocycles. The first-order valence-corrected chi connectivity index (χ1v) is 5.20. The second kappa shape index (κ2) is 4.67. The van der Waals surface area contributed by atoms with Crippen LogP contribution >= 0.6 is 11.6 Å². The maximum atomic E-state index is 6.12. The van der Waals surface area contributed by atoms with Crippen LogP contribution in [-0.2, 0) is 0 Å². The molecule has 0 saturated heterocycles. The highest BCUT2D eigenvalue weighted by atomic mass is 35.5. The van der Waals surface area contributed by atoms with Crippen LogP contribution in [0, 0.1) is 0 Å². The van der Waals surface area contributed by atoms with Crippen molar-refractivity contribution < 1.29 is 0 Å². The molecule has 0 saturated carbocycles. The van der Waals surface area contributed by atoms with Crippen molar-refractivity contribution in [3.8, 4) is 0 Å². The van der Waals surface area contributed by atoms with Gasteiger partial charge in [0.2, 0.25) is 0 Å². The molecular formula is C11H17ClN2. The SMILES string of the molecule is CCN(C)c1ccc([C@@H](C)N)c(Cl)c1. The molecule has 1 aromatic carbocycles. The molecule has 1 rings (SSSR count). The molecule has 0 unspecified atom stereocenters. The van der Waals surface area contributed by atoms with E-state index in [0.717, 1.165) is 22.8 Å². The highest BCUT2D eigenvalue weighted by Gasteiger charge is 2.07. The van der Waals surface area contributed by atoms with Crippen LogP contribution in [-0.4, -0.2) is 13.6 Å². The normalized spacial score (nSPS) is 12.6. The second-order valence-corrected chi connectivity index (χ2v) is 3.92. The molecular weight excluding hydrogens is 196 g/mol. The zero-order valence-corrected chi connectivity index (χ0v) is 9.67. The van der Waals surface area contributed by atoms with E-state index in [1.54, 1.807) is 0 Å². The van der Waals surface area contributed by atoms with Gasteiger partial charge in [0.15, 0.2) is 0 Å². The lowest BCUT2D eigenvalue weighted by Gasteiger charge is -2.18. The predicted octanol–water partition coefficient (Wildman–Crippen LogP) is 2.82. The van der Waals surface area contributed by atoms with Gasteiger partial charge in [-0.05, 0) is 31.5 Å². The topological polar surface area (TPSA) is 29.3 Å². The molecule has 3 heteroatoms. The van der Waals surface area contributed by atoms with Crippen molar-refractivity contribution in [3.63, 3.8) is 0 Å². The Labute approximate surface area is 90.7 Å². The van der Waals surface area contributed by atoms with Crippen LogP contribution < -0.4 is 10.6 Å². The summed E-state index contributed by atoms with van der Waals surface area (Å²) >= 11 is 6.12. The average molecular weight is 213 g/mol. The number of anilines is 1. The molecule has 2 N–H and O–H groups in total. The van der Waals surface area contributed by atoms with Crippen LogP contribution in [0.3, 0.4) is 0 Å². The van der Waals surface area contributed by atoms with E-state index in [1.807, 2.05) is 32.2 Å². The summed E-state index contributed by atoms with van der Waals surface area (Å²) in [6.45, 7) is 5.01. The Morgan fingerprint density at radius 1 is 1.50 bits per heavy atom. The molecule has 1 atom stereocenters. The molecule has 0 aliphatic heterocycles. The van der Waals surface area contributed by atoms with Gasteiger partial charge < -0.3 is 10.6 Å². The lowest BCUT2D eigenvalue weighted by atomic mass is 10.1. The number of rotatable bonds is 3. The summed E-state index contributed by atoms with van der Waals surface area (Å²) < 4.78 is 0. The molecule has 0 aliphatic rings. The van der Waals surface area contributed by atoms with Crippen LogP contribution in [0.5, 0.6) is 0 Å². The quantitative estimate of drug-likeness (QED) is 0.835. The van der Waals surface area contributed by atoms with E-state index >= 15 is 0 Å². The molecule has 0 fully saturated rings. The largest absolute Gasteiger partial charge is 0.375 e. The number of hydrogen-bond donors (Lipinski definition) is 1. The molecule has 1 aromatic rings. The average Bonchev–Trinajstić information content (AvgIpc) is 2.15. The fourth-order valence-corrected chi connectivity index (χ4v) is 1.65. The van der Waals surface area contributed by atoms with Crippen LogP contribution in [0.1, 0.15) is 25.5 Å². The van der Waals surface area contributed by atoms with Gasteiger partial charge >= 0.3 is 0 Å². The maximum absolute atomic E-state index is 6.12. The molecule has 2 nitrogen and oxygen atoms in total. The number of hydrogen-bond acceptors (Lipinski definition) is 2. The summed E-state index contributed by atoms with van der Waals surface area (Å²) in [6.07, 6.45) is 0. The van der Waals surface area contributed by atoms with Crippen molar-refractivity contribution in [3.05, 3.63) is 28.8 Å². The fourth-order valence-electron chi connectivity index (χ4n) is 1.31. The van der Waals surface area contributed by atoms with E-state index in [1.165, 1.54) is 0 Å². The van der Waals surface area contributed by atoms with E-state index in [2.05, 4.69) is 11.8 Å². The smallest absolute Gasteiger partial charge is 0.0474 e. The Hall–Kier alpha value is -0.730. The minimum atomic E-state index is -0.0107. The van der Waals surface area contributed by atoms with Crippen molar-refractivity contribution in [2.75, 3.05) is 18.5 Å². The maximum Gasteiger partial charge on any atom is 0.0474 e. The van der Waals surface area contributed by atoms with Crippen molar-refractivity contribution in [2.45, 2.75) is 19.9 Å². The van der Waals surface area contributed by atoms with Gasteiger partial charge in [-0.25, -0.2) is 0 Å². The van der Waals surface area contributed by atoms with Gasteiger partial charge in [0.05, 0.1) is 0 Å². The third-order valence-corrected chi connectivity index (χ3v) is 2.72. The number of benzene rings is 1. The summed E-state index contributed by atoms with van der Waals surface area (Å²) in [5.74, 6) is 0. The lowest BCUT2D eigenvalue weighted by Crippen LogP contribution is -2.16. The highest BCUT2D eigenvalue weighted by Crippen LogP contribution is 2.26. The first-order valence-electron chi connectivity index (χ1n) is 4.82. The molecule has 0 spiro atoms. The summed E-state index contributed by atoms with van der Waals surface area (Å²) in [5.41, 5.74) is 7.90. The molecule has 0 radical (unpaired) electrons. The Morgan fingerprint density at radius 3 is 2.57 bits per heavy atom. The van der Waals surface area contributed by atoms with E-state index in [-0.39, 0.29) is 6.04 Å². The van der Waals surface area contributed by atoms with Gasteiger partial charge in [-0.2, -0.15) is 0 Å². The Balaban J connectivity index is 3.00. The standard InChI is InChI=1S/C11H17ClN2/c1-4-14(3)9-5-6-10(8(2)13)11(12)7-9/h5-8H,4,13H2,1-3H3/t8-/m1/s1. The van der Waals surface area contributed by atoms with Gasteiger partial charge in [0, 0.05) is 30.3 Å². The lowest BCUT2D eigenvalue weighted by molar-refractivity contribution is 0.818. The summed E-state index contributed by atoms with van der Waals surface area (Å²) in [5, 5.41) is 0.748. The molecule has 0 bridgehead atoms. The molecule has 0 heterocycles. The Kier molecular flexibility index (Phi) is 3.78. The number of nitrogens with two attached hydrogens (primary N) is 1. The van der Waals surface area contributed by atoms with Gasteiger partial charge in [0.25, 0.3) is 0 Å². The van der Waals surface area contributed by atoms with E-state index in [9.17, 15) is 0 Å². The van der Waals surface area contributed by atoms with Crippen molar-refractivity contribution in [1.29, 1.82) is 0 Å². The minimum absolute atomic E-state index is 0.0107. The first kappa shape index (κ1) is 11.3. The van der Waals surface area contributed by atoms with E-state index in [4.69, 9.17) is 17.3 Å². The van der Waals surface area contributed by atoms with Crippen molar-refractivity contribution in [2.24, 2.45) is 5.73 Å². The van der Waals surface area contributed by atoms with Gasteiger partial charge in [-0.3, -0.25) is 0 Å². The Morgan fingerprint density at radius 2 is 2.14 bits per heavy atom. The van der Waals surface area contributed by atoms with Gasteiger partial charge in [-0.15, -0.1) is 0 Å². The molecule has 0 aromatic heterocycles. The van der Waals surface area contributed by atoms with Crippen molar-refractivity contribution >= 4 is 17.3 Å². The van der Waals surface area contributed by atoms with E-state index in [0.29, 0.717) is 0 Å². The van der Waals surface area contributed by atoms with Crippen LogP contribution in [0.25, 0.3) is 0 Å². The molecule has 14 heavy (non-hydrogen) atoms. The predicted molar refractivity (Wildman–Crippen MR) is 63.0 cm³/mol. The fraction of sp³-hybridized carbons (Fsp3) is 0.455. The van der Waals surface area contributed by atoms with Gasteiger partial charge in [0.1, 0.15) is 0 Å². The molecule has 0 amide bonds. The number of halogens is 1.